The second-order valence-electron chi connectivity index (χ2n) is 0.908. The van der Waals surface area contributed by atoms with E-state index in [-0.39, 0.29) is 39.6 Å². The van der Waals surface area contributed by atoms with Crippen molar-refractivity contribution in [2.75, 3.05) is 0 Å². The molecule has 0 radical (unpaired) electrons. The van der Waals surface area contributed by atoms with Crippen LogP contribution in [0.3, 0.4) is 0 Å². The van der Waals surface area contributed by atoms with Crippen LogP contribution >= 0.6 is 0 Å². The number of rotatable bonds is 0. The van der Waals surface area contributed by atoms with Crippen LogP contribution in [0, 0.1) is 0 Å². The number of ketones is 1. The van der Waals surface area contributed by atoms with Crippen LogP contribution in [-0.4, -0.2) is 5.78 Å². The summed E-state index contributed by atoms with van der Waals surface area (Å²) in [5.41, 5.74) is 0. The average molecular weight is 158 g/mol. The van der Waals surface area contributed by atoms with Crippen LogP contribution in [0.5, 0.6) is 0 Å². The van der Waals surface area contributed by atoms with E-state index in [2.05, 4.69) is 0 Å². The van der Waals surface area contributed by atoms with Gasteiger partial charge in [0.15, 0.2) is 0 Å². The molecule has 0 fully saturated rings. The summed E-state index contributed by atoms with van der Waals surface area (Å²) in [5.74, 6) is 0.167. The van der Waals surface area contributed by atoms with Crippen molar-refractivity contribution < 1.29 is 38.6 Å². The van der Waals surface area contributed by atoms with Gasteiger partial charge in [0.1, 0.15) is 5.78 Å². The number of hydrogen-bond acceptors (Lipinski definition) is 1. The predicted octanol–water partition coefficient (Wildman–Crippen LogP) is 0.236. The molecule has 0 heterocycles. The van der Waals surface area contributed by atoms with Gasteiger partial charge in [-0.25, -0.2) is 0 Å². The Balaban J connectivity index is -0.00000000750. The van der Waals surface area contributed by atoms with Crippen molar-refractivity contribution in [2.45, 2.75) is 13.8 Å². The van der Waals surface area contributed by atoms with Crippen molar-refractivity contribution in [3.05, 3.63) is 0 Å². The van der Waals surface area contributed by atoms with Crippen LogP contribution in [0.2, 0.25) is 0 Å². The smallest absolute Gasteiger partial charge is 2.00 e. The number of carbonyl (C=O) groups excluding carboxylic acids is 1. The Morgan fingerprint density at radius 3 is 1.00 bits per heavy atom. The summed E-state index contributed by atoms with van der Waals surface area (Å²) in [6.07, 6.45) is 0. The van der Waals surface area contributed by atoms with Crippen LogP contribution in [-0.2, 0) is 38.6 Å². The molecule has 0 aromatic heterocycles. The van der Waals surface area contributed by atoms with Gasteiger partial charge >= 0.3 is 17.4 Å². The minimum absolute atomic E-state index is 0. The normalized spacial score (nSPS) is 3.25. The van der Waals surface area contributed by atoms with Crippen LogP contribution in [0.4, 0.5) is 0 Å². The van der Waals surface area contributed by atoms with Gasteiger partial charge in [-0.1, -0.05) is 0 Å². The van der Waals surface area contributed by atoms with Gasteiger partial charge in [-0.15, -0.1) is 0 Å². The fourth-order valence-corrected chi connectivity index (χ4v) is 0. The minimum atomic E-state index is 0. The zero-order valence-electron chi connectivity index (χ0n) is 4.54. The summed E-state index contributed by atoms with van der Waals surface area (Å²) >= 11 is 0. The van der Waals surface area contributed by atoms with Gasteiger partial charge in [-0.2, -0.15) is 0 Å². The Labute approximate surface area is 58.9 Å². The molecule has 0 aliphatic rings. The van der Waals surface area contributed by atoms with Crippen molar-refractivity contribution >= 4 is 5.78 Å². The largest absolute Gasteiger partial charge is 6.00 e. The van der Waals surface area contributed by atoms with Crippen LogP contribution < -0.4 is 0 Å². The maximum Gasteiger partial charge on any atom is 6.00 e. The molecular formula is C3H6CrO4. The van der Waals surface area contributed by atoms with Crippen molar-refractivity contribution in [3.63, 3.8) is 0 Å². The summed E-state index contributed by atoms with van der Waals surface area (Å²) in [6.45, 7) is 3.06. The molecule has 0 N–H and O–H groups in total. The van der Waals surface area contributed by atoms with Crippen molar-refractivity contribution in [3.8, 4) is 0 Å². The van der Waals surface area contributed by atoms with Crippen LogP contribution in [0.25, 0.3) is 0 Å². The SMILES string of the molecule is CC(C)=O.[Cr+6].[O-2].[O-2].[O-2]. The number of hydrogen-bond donors (Lipinski definition) is 0. The molecule has 48 valence electrons. The van der Waals surface area contributed by atoms with Gasteiger partial charge in [0, 0.05) is 0 Å². The minimum Gasteiger partial charge on any atom is -2.00 e. The predicted molar refractivity (Wildman–Crippen MR) is 18.4 cm³/mol. The summed E-state index contributed by atoms with van der Waals surface area (Å²) < 4.78 is 0. The molecule has 0 rings (SSSR count). The van der Waals surface area contributed by atoms with Gasteiger partial charge in [-0.3, -0.25) is 0 Å². The van der Waals surface area contributed by atoms with E-state index in [9.17, 15) is 4.79 Å². The average Bonchev–Trinajstić information content (AvgIpc) is 0.811. The van der Waals surface area contributed by atoms with Crippen molar-refractivity contribution in [1.29, 1.82) is 0 Å². The van der Waals surface area contributed by atoms with Crippen LogP contribution in [0.1, 0.15) is 13.8 Å². The van der Waals surface area contributed by atoms with E-state index in [1.54, 1.807) is 0 Å². The van der Waals surface area contributed by atoms with Gasteiger partial charge < -0.3 is 21.2 Å². The molecule has 0 aromatic carbocycles. The zero-order valence-corrected chi connectivity index (χ0v) is 5.82. The van der Waals surface area contributed by atoms with Crippen molar-refractivity contribution in [1.82, 2.24) is 0 Å². The first-order valence-electron chi connectivity index (χ1n) is 1.20. The van der Waals surface area contributed by atoms with E-state index in [4.69, 9.17) is 0 Å². The Bertz CT molecular complexity index is 34.3. The molecule has 8 heavy (non-hydrogen) atoms. The molecule has 0 saturated heterocycles. The monoisotopic (exact) mass is 158 g/mol. The first-order chi connectivity index (χ1) is 1.73. The molecule has 0 aromatic rings. The van der Waals surface area contributed by atoms with Gasteiger partial charge in [0.25, 0.3) is 0 Å². The molecule has 0 bridgehead atoms. The summed E-state index contributed by atoms with van der Waals surface area (Å²) in [4.78, 5) is 9.44. The molecule has 0 aliphatic carbocycles. The molecule has 0 saturated carbocycles. The molecule has 5 heteroatoms. The molecule has 4 nitrogen and oxygen atoms in total. The number of carbonyl (C=O) groups is 1. The third kappa shape index (κ3) is 23100. The van der Waals surface area contributed by atoms with Crippen LogP contribution in [0.15, 0.2) is 0 Å². The first-order valence-corrected chi connectivity index (χ1v) is 1.20. The van der Waals surface area contributed by atoms with E-state index >= 15 is 0 Å². The van der Waals surface area contributed by atoms with Gasteiger partial charge in [0.2, 0.25) is 0 Å². The quantitative estimate of drug-likeness (QED) is 0.494. The molecule has 0 unspecified atom stereocenters. The molecule has 0 atom stereocenters. The third-order valence-corrected chi connectivity index (χ3v) is 0. The van der Waals surface area contributed by atoms with E-state index < -0.39 is 0 Å². The summed E-state index contributed by atoms with van der Waals surface area (Å²) in [5, 5.41) is 0. The first kappa shape index (κ1) is 42.7. The Hall–Kier alpha value is 0.0825. The number of Topliss-reactive ketones (excluding diaryl/α,β-unsaturated/α-hetero) is 1. The zero-order chi connectivity index (χ0) is 3.58. The molecular weight excluding hydrogens is 152 g/mol. The second kappa shape index (κ2) is 27.6. The van der Waals surface area contributed by atoms with E-state index in [0.717, 1.165) is 0 Å². The maximum atomic E-state index is 9.44. The molecule has 0 amide bonds. The Morgan fingerprint density at radius 1 is 1.00 bits per heavy atom. The fraction of sp³-hybridized carbons (Fsp3) is 0.667. The standard InChI is InChI=1S/C3H6O.Cr.3O/c1-3(2)4;;;;/h1-2H3;;;;/q;+6;3*-2. The third-order valence-electron chi connectivity index (χ3n) is 0. The van der Waals surface area contributed by atoms with E-state index in [1.165, 1.54) is 13.8 Å². The van der Waals surface area contributed by atoms with Crippen molar-refractivity contribution in [2.24, 2.45) is 0 Å². The Kier molecular flexibility index (Phi) is 147. The van der Waals surface area contributed by atoms with E-state index in [0.29, 0.717) is 0 Å². The Morgan fingerprint density at radius 2 is 1.00 bits per heavy atom. The molecule has 0 spiro atoms. The topological polar surface area (TPSA) is 103 Å². The summed E-state index contributed by atoms with van der Waals surface area (Å²) in [6, 6.07) is 0. The second-order valence-corrected chi connectivity index (χ2v) is 0.908. The molecule has 0 aliphatic heterocycles. The van der Waals surface area contributed by atoms with E-state index in [1.807, 2.05) is 0 Å². The van der Waals surface area contributed by atoms with Gasteiger partial charge in [0.05, 0.1) is 0 Å². The fourth-order valence-electron chi connectivity index (χ4n) is 0. The van der Waals surface area contributed by atoms with Gasteiger partial charge in [-0.05, 0) is 13.8 Å². The summed E-state index contributed by atoms with van der Waals surface area (Å²) in [7, 11) is 0. The maximum absolute atomic E-state index is 9.44.